The Balaban J connectivity index is 4.26. The minimum atomic E-state index is -1.63. The highest BCUT2D eigenvalue weighted by Crippen LogP contribution is 2.15. The number of hydrogen-bond donors (Lipinski definition) is 0. The van der Waals surface area contributed by atoms with Crippen molar-refractivity contribution in [1.82, 2.24) is 0 Å². The van der Waals surface area contributed by atoms with Crippen LogP contribution in [0.1, 0.15) is 245 Å². The quantitative estimate of drug-likeness (QED) is 0.0195. The summed E-state index contributed by atoms with van der Waals surface area (Å²) in [5.41, 5.74) is 0. The second-order valence-corrected chi connectivity index (χ2v) is 20.9. The number of carbonyl (C=O) groups is 3. The van der Waals surface area contributed by atoms with Crippen molar-refractivity contribution in [3.05, 3.63) is 85.1 Å². The number of carbonyl (C=O) groups excluding carboxylic acids is 3. The van der Waals surface area contributed by atoms with Gasteiger partial charge in [0.05, 0.1) is 40.3 Å². The predicted octanol–water partition coefficient (Wildman–Crippen LogP) is 16.2. The molecule has 0 aliphatic rings. The summed E-state index contributed by atoms with van der Waals surface area (Å²) in [6.45, 7) is 4.62. The lowest BCUT2D eigenvalue weighted by Crippen LogP contribution is -2.44. The van der Waals surface area contributed by atoms with E-state index in [9.17, 15) is 19.5 Å². The minimum absolute atomic E-state index is 0.143. The molecule has 9 nitrogen and oxygen atoms in total. The summed E-state index contributed by atoms with van der Waals surface area (Å²) in [4.78, 5) is 37.3. The maximum Gasteiger partial charge on any atom is 0.306 e. The molecule has 0 saturated heterocycles. The fraction of sp³-hybridized carbons (Fsp3) is 0.734. The first-order chi connectivity index (χ1) is 35.6. The molecule has 0 heterocycles. The molecule has 0 aromatic heterocycles. The van der Waals surface area contributed by atoms with Gasteiger partial charge in [0.2, 0.25) is 0 Å². The van der Waals surface area contributed by atoms with Gasteiger partial charge in [-0.05, 0) is 89.9 Å². The Bertz CT molecular complexity index is 1470. The molecule has 0 saturated carbocycles. The zero-order chi connectivity index (χ0) is 53.4. The number of hydrogen-bond acceptors (Lipinski definition) is 8. The van der Waals surface area contributed by atoms with Gasteiger partial charge in [0.1, 0.15) is 13.2 Å². The summed E-state index contributed by atoms with van der Waals surface area (Å²) < 4.78 is 22.7. The summed E-state index contributed by atoms with van der Waals surface area (Å²) in [7, 11) is 5.92. The molecule has 0 aliphatic carbocycles. The molecule has 2 atom stereocenters. The Morgan fingerprint density at radius 3 is 1.16 bits per heavy atom. The zero-order valence-corrected chi connectivity index (χ0v) is 47.7. The van der Waals surface area contributed by atoms with Crippen molar-refractivity contribution in [3.63, 3.8) is 0 Å². The van der Waals surface area contributed by atoms with E-state index >= 15 is 0 Å². The van der Waals surface area contributed by atoms with Crippen LogP contribution < -0.4 is 5.11 Å². The molecule has 0 radical (unpaired) electrons. The van der Waals surface area contributed by atoms with Gasteiger partial charge in [0.15, 0.2) is 12.4 Å². The molecule has 2 unspecified atom stereocenters. The third-order valence-electron chi connectivity index (χ3n) is 12.6. The molecule has 0 fully saturated rings. The lowest BCUT2D eigenvalue weighted by Gasteiger charge is -2.26. The fourth-order valence-electron chi connectivity index (χ4n) is 8.06. The molecule has 0 bridgehead atoms. The van der Waals surface area contributed by atoms with Gasteiger partial charge in [-0.2, -0.15) is 0 Å². The van der Waals surface area contributed by atoms with E-state index in [1.54, 1.807) is 0 Å². The van der Waals surface area contributed by atoms with E-state index < -0.39 is 24.3 Å². The van der Waals surface area contributed by atoms with Crippen molar-refractivity contribution in [2.75, 3.05) is 47.5 Å². The normalized spacial score (nSPS) is 13.4. The fourth-order valence-corrected chi connectivity index (χ4v) is 8.06. The smallest absolute Gasteiger partial charge is 0.306 e. The Labute approximate surface area is 449 Å². The summed E-state index contributed by atoms with van der Waals surface area (Å²) in [5.74, 6) is -2.29. The van der Waals surface area contributed by atoms with Crippen LogP contribution in [0.4, 0.5) is 0 Å². The van der Waals surface area contributed by atoms with Gasteiger partial charge in [-0.1, -0.05) is 227 Å². The van der Waals surface area contributed by atoms with Gasteiger partial charge < -0.3 is 33.3 Å². The molecule has 420 valence electrons. The van der Waals surface area contributed by atoms with Crippen molar-refractivity contribution >= 4 is 17.9 Å². The second-order valence-electron chi connectivity index (χ2n) is 20.9. The Kier molecular flexibility index (Phi) is 52.1. The van der Waals surface area contributed by atoms with E-state index in [1.165, 1.54) is 128 Å². The van der Waals surface area contributed by atoms with Crippen molar-refractivity contribution in [2.45, 2.75) is 257 Å². The highest BCUT2D eigenvalue weighted by Gasteiger charge is 2.22. The Morgan fingerprint density at radius 1 is 0.425 bits per heavy atom. The number of unbranched alkanes of at least 4 members (excludes halogenated alkanes) is 25. The average Bonchev–Trinajstić information content (AvgIpc) is 3.36. The molecule has 0 spiro atoms. The average molecular weight is 1020 g/mol. The number of aliphatic carboxylic acids is 1. The maximum atomic E-state index is 12.9. The van der Waals surface area contributed by atoms with E-state index in [0.717, 1.165) is 83.5 Å². The van der Waals surface area contributed by atoms with Crippen LogP contribution in [-0.4, -0.2) is 82.3 Å². The molecule has 0 aromatic carbocycles. The Morgan fingerprint density at radius 2 is 0.781 bits per heavy atom. The first-order valence-corrected chi connectivity index (χ1v) is 29.7. The van der Waals surface area contributed by atoms with E-state index in [4.69, 9.17) is 18.9 Å². The number of carboxylic acids is 1. The number of carboxylic acid groups (broad SMARTS) is 1. The van der Waals surface area contributed by atoms with Crippen LogP contribution in [-0.2, 0) is 33.3 Å². The van der Waals surface area contributed by atoms with Crippen molar-refractivity contribution < 1.29 is 42.9 Å². The second kappa shape index (κ2) is 54.7. The third-order valence-corrected chi connectivity index (χ3v) is 12.6. The molecule has 0 aliphatic heterocycles. The van der Waals surface area contributed by atoms with Crippen molar-refractivity contribution in [2.24, 2.45) is 0 Å². The van der Waals surface area contributed by atoms with E-state index in [1.807, 2.05) is 21.1 Å². The molecule has 0 rings (SSSR count). The third kappa shape index (κ3) is 56.0. The number of rotatable bonds is 54. The van der Waals surface area contributed by atoms with Crippen molar-refractivity contribution in [3.8, 4) is 0 Å². The SMILES string of the molecule is CC/C=C\C/C=C\C/C=C\C/C=C\CCCCCCCCCCCCC(=O)OC(COC(=O)CCCCCCCCCCCC/C=C\C/C=C\C/C=C\CCCCCCC)COC(OCC[N+](C)(C)C)C(=O)[O-]. The number of quaternary nitrogens is 1. The molecule has 73 heavy (non-hydrogen) atoms. The first-order valence-electron chi connectivity index (χ1n) is 29.7. The van der Waals surface area contributed by atoms with Crippen LogP contribution in [0.15, 0.2) is 85.1 Å². The zero-order valence-electron chi connectivity index (χ0n) is 47.7. The van der Waals surface area contributed by atoms with Crippen LogP contribution >= 0.6 is 0 Å². The summed E-state index contributed by atoms with van der Waals surface area (Å²) in [6.07, 6.45) is 69.1. The largest absolute Gasteiger partial charge is 0.545 e. The molecule has 0 amide bonds. The topological polar surface area (TPSA) is 111 Å². The molecule has 9 heteroatoms. The van der Waals surface area contributed by atoms with Gasteiger partial charge in [-0.3, -0.25) is 9.59 Å². The van der Waals surface area contributed by atoms with E-state index in [0.29, 0.717) is 17.4 Å². The van der Waals surface area contributed by atoms with Crippen LogP contribution in [0.2, 0.25) is 0 Å². The molecular formula is C64H111NO8. The van der Waals surface area contributed by atoms with Gasteiger partial charge in [-0.25, -0.2) is 0 Å². The molecular weight excluding hydrogens is 911 g/mol. The van der Waals surface area contributed by atoms with Crippen LogP contribution in [0.5, 0.6) is 0 Å². The van der Waals surface area contributed by atoms with Crippen LogP contribution in [0.25, 0.3) is 0 Å². The van der Waals surface area contributed by atoms with E-state index in [-0.39, 0.29) is 38.6 Å². The van der Waals surface area contributed by atoms with Gasteiger partial charge >= 0.3 is 11.9 Å². The van der Waals surface area contributed by atoms with E-state index in [2.05, 4.69) is 98.9 Å². The number of nitrogens with zero attached hydrogens (tertiary/aromatic N) is 1. The van der Waals surface area contributed by atoms with Crippen LogP contribution in [0.3, 0.4) is 0 Å². The van der Waals surface area contributed by atoms with Crippen LogP contribution in [0, 0.1) is 0 Å². The predicted molar refractivity (Wildman–Crippen MR) is 306 cm³/mol. The monoisotopic (exact) mass is 1020 g/mol. The summed E-state index contributed by atoms with van der Waals surface area (Å²) in [5, 5.41) is 11.8. The number of esters is 2. The molecule has 0 N–H and O–H groups in total. The minimum Gasteiger partial charge on any atom is -0.545 e. The molecule has 0 aromatic rings. The number of ether oxygens (including phenoxy) is 4. The lowest BCUT2D eigenvalue weighted by molar-refractivity contribution is -0.870. The Hall–Kier alpha value is -3.53. The lowest BCUT2D eigenvalue weighted by atomic mass is 10.0. The summed E-state index contributed by atoms with van der Waals surface area (Å²) >= 11 is 0. The summed E-state index contributed by atoms with van der Waals surface area (Å²) in [6, 6.07) is 0. The maximum absolute atomic E-state index is 12.9. The standard InChI is InChI=1S/C64H111NO8/c1-6-8-10-12-14-16-18-20-22-24-26-28-30-31-33-34-36-38-40-42-44-46-48-50-52-54-61(66)71-58-60(59-72-64(63(68)69)70-57-56-65(3,4)5)73-62(67)55-53-51-49-47-45-43-41-39-37-35-32-29-27-25-23-21-19-17-15-13-11-9-7-2/h9,11,15,17-18,20-21,23-24,26-27,29-31,60,64H,6-8,10,12-14,16,19,22,25,28,32-59H2,1-5H3/b11-9-,17-15-,20-18-,23-21-,26-24-,29-27-,31-30-. The number of allylic oxidation sites excluding steroid dienone is 14. The van der Waals surface area contributed by atoms with Gasteiger partial charge in [-0.15, -0.1) is 0 Å². The van der Waals surface area contributed by atoms with Gasteiger partial charge in [0.25, 0.3) is 0 Å². The first kappa shape index (κ1) is 69.5. The van der Waals surface area contributed by atoms with Crippen molar-refractivity contribution in [1.29, 1.82) is 0 Å². The highest BCUT2D eigenvalue weighted by atomic mass is 16.7. The highest BCUT2D eigenvalue weighted by molar-refractivity contribution is 5.70. The number of likely N-dealkylation sites (N-methyl/N-ethyl adjacent to an activating group) is 1. The van der Waals surface area contributed by atoms with Gasteiger partial charge in [0, 0.05) is 12.8 Å².